The van der Waals surface area contributed by atoms with Crippen LogP contribution in [0.3, 0.4) is 0 Å². The van der Waals surface area contributed by atoms with Crippen molar-refractivity contribution >= 4 is 23.1 Å². The zero-order valence-electron chi connectivity index (χ0n) is 11.2. The van der Waals surface area contributed by atoms with Crippen LogP contribution in [0.25, 0.3) is 0 Å². The van der Waals surface area contributed by atoms with Crippen LogP contribution >= 0.6 is 11.8 Å². The fourth-order valence-electron chi connectivity index (χ4n) is 1.63. The molecule has 0 saturated heterocycles. The molecule has 0 bridgehead atoms. The lowest BCUT2D eigenvalue weighted by molar-refractivity contribution is -0.384. The number of aromatic nitrogens is 2. The normalized spacial score (nSPS) is 10.3. The molecule has 1 aromatic heterocycles. The fourth-order valence-corrected chi connectivity index (χ4v) is 2.36. The van der Waals surface area contributed by atoms with E-state index >= 15 is 0 Å². The smallest absolute Gasteiger partial charge is 0.292 e. The van der Waals surface area contributed by atoms with Gasteiger partial charge in [0.1, 0.15) is 5.69 Å². The van der Waals surface area contributed by atoms with Crippen molar-refractivity contribution < 1.29 is 4.92 Å². The Kier molecular flexibility index (Phi) is 4.52. The Morgan fingerprint density at radius 2 is 2.05 bits per heavy atom. The Morgan fingerprint density at radius 3 is 2.65 bits per heavy atom. The maximum atomic E-state index is 11.0. The van der Waals surface area contributed by atoms with Crippen molar-refractivity contribution in [2.24, 2.45) is 0 Å². The molecule has 0 unspecified atom stereocenters. The van der Waals surface area contributed by atoms with Crippen LogP contribution in [0, 0.1) is 17.0 Å². The summed E-state index contributed by atoms with van der Waals surface area (Å²) in [6.07, 6.45) is 3.50. The fraction of sp³-hybridized carbons (Fsp3) is 0.231. The van der Waals surface area contributed by atoms with Gasteiger partial charge in [-0.15, -0.1) is 0 Å². The maximum absolute atomic E-state index is 11.0. The molecule has 0 atom stereocenters. The Hall–Kier alpha value is -2.15. The van der Waals surface area contributed by atoms with Crippen LogP contribution in [-0.4, -0.2) is 21.9 Å². The molecule has 0 spiro atoms. The number of nitrogens with zero attached hydrogens (tertiary/aromatic N) is 3. The van der Waals surface area contributed by atoms with Crippen molar-refractivity contribution in [2.75, 3.05) is 12.4 Å². The van der Waals surface area contributed by atoms with E-state index in [-0.39, 0.29) is 10.6 Å². The van der Waals surface area contributed by atoms with Gasteiger partial charge in [0.2, 0.25) is 0 Å². The quantitative estimate of drug-likeness (QED) is 0.394. The average Bonchev–Trinajstić information content (AvgIpc) is 2.46. The summed E-state index contributed by atoms with van der Waals surface area (Å²) < 4.78 is 0. The first-order chi connectivity index (χ1) is 9.60. The summed E-state index contributed by atoms with van der Waals surface area (Å²) in [5, 5.41) is 14.5. The predicted octanol–water partition coefficient (Wildman–Crippen LogP) is 3.03. The molecular weight excluding hydrogens is 276 g/mol. The van der Waals surface area contributed by atoms with Crippen LogP contribution in [0.5, 0.6) is 0 Å². The molecule has 1 heterocycles. The number of aryl methyl sites for hydroxylation is 1. The van der Waals surface area contributed by atoms with Gasteiger partial charge in [0.15, 0.2) is 5.16 Å². The summed E-state index contributed by atoms with van der Waals surface area (Å²) in [6.45, 7) is 1.92. The number of rotatable bonds is 5. The topological polar surface area (TPSA) is 81.0 Å². The Labute approximate surface area is 120 Å². The standard InChI is InChI=1S/C13H14N4O2S/c1-9-6-15-13(16-7-9)20-8-10-3-4-11(14-2)12(5-10)17(18)19/h3-7,14H,8H2,1-2H3. The molecule has 0 aliphatic rings. The minimum Gasteiger partial charge on any atom is -0.383 e. The Morgan fingerprint density at radius 1 is 1.35 bits per heavy atom. The predicted molar refractivity (Wildman–Crippen MR) is 79.0 cm³/mol. The summed E-state index contributed by atoms with van der Waals surface area (Å²) in [5.74, 6) is 0.591. The third-order valence-corrected chi connectivity index (χ3v) is 3.60. The van der Waals surface area contributed by atoms with Gasteiger partial charge < -0.3 is 5.32 Å². The van der Waals surface area contributed by atoms with Crippen molar-refractivity contribution in [3.05, 3.63) is 51.8 Å². The van der Waals surface area contributed by atoms with Gasteiger partial charge in [0.05, 0.1) is 4.92 Å². The molecule has 0 amide bonds. The van der Waals surface area contributed by atoms with Gasteiger partial charge >= 0.3 is 0 Å². The molecule has 0 radical (unpaired) electrons. The lowest BCUT2D eigenvalue weighted by Crippen LogP contribution is -1.97. The number of thioether (sulfide) groups is 1. The zero-order chi connectivity index (χ0) is 14.5. The lowest BCUT2D eigenvalue weighted by Gasteiger charge is -2.05. The number of nitro benzene ring substituents is 1. The van der Waals surface area contributed by atoms with E-state index in [9.17, 15) is 10.1 Å². The third kappa shape index (κ3) is 3.45. The highest BCUT2D eigenvalue weighted by Gasteiger charge is 2.13. The van der Waals surface area contributed by atoms with Crippen LogP contribution in [0.1, 0.15) is 11.1 Å². The number of nitrogens with one attached hydrogen (secondary N) is 1. The monoisotopic (exact) mass is 290 g/mol. The van der Waals surface area contributed by atoms with Crippen LogP contribution in [0.4, 0.5) is 11.4 Å². The van der Waals surface area contributed by atoms with Crippen molar-refractivity contribution in [1.82, 2.24) is 9.97 Å². The van der Waals surface area contributed by atoms with E-state index in [1.165, 1.54) is 11.8 Å². The molecule has 1 N–H and O–H groups in total. The largest absolute Gasteiger partial charge is 0.383 e. The maximum Gasteiger partial charge on any atom is 0.292 e. The molecule has 6 nitrogen and oxygen atoms in total. The first kappa shape index (κ1) is 14.3. The van der Waals surface area contributed by atoms with E-state index in [0.717, 1.165) is 11.1 Å². The van der Waals surface area contributed by atoms with Crippen LogP contribution in [0.15, 0.2) is 35.7 Å². The molecule has 0 aliphatic heterocycles. The average molecular weight is 290 g/mol. The number of hydrogen-bond acceptors (Lipinski definition) is 6. The summed E-state index contributed by atoms with van der Waals surface area (Å²) in [6, 6.07) is 5.15. The second kappa shape index (κ2) is 6.33. The van der Waals surface area contributed by atoms with E-state index in [4.69, 9.17) is 0 Å². The zero-order valence-corrected chi connectivity index (χ0v) is 12.0. The van der Waals surface area contributed by atoms with Crippen LogP contribution in [-0.2, 0) is 5.75 Å². The van der Waals surface area contributed by atoms with Crippen molar-refractivity contribution in [1.29, 1.82) is 0 Å². The minimum absolute atomic E-state index is 0.0791. The van der Waals surface area contributed by atoms with Gasteiger partial charge in [-0.1, -0.05) is 17.8 Å². The van der Waals surface area contributed by atoms with Gasteiger partial charge in [0, 0.05) is 31.3 Å². The van der Waals surface area contributed by atoms with Gasteiger partial charge in [-0.25, -0.2) is 9.97 Å². The number of nitro groups is 1. The van der Waals surface area contributed by atoms with Gasteiger partial charge in [-0.05, 0) is 24.1 Å². The highest BCUT2D eigenvalue weighted by molar-refractivity contribution is 7.98. The summed E-state index contributed by atoms with van der Waals surface area (Å²) in [7, 11) is 1.66. The van der Waals surface area contributed by atoms with Gasteiger partial charge in [-0.3, -0.25) is 10.1 Å². The van der Waals surface area contributed by atoms with Crippen molar-refractivity contribution in [3.63, 3.8) is 0 Å². The van der Waals surface area contributed by atoms with E-state index in [1.807, 2.05) is 13.0 Å². The first-order valence-corrected chi connectivity index (χ1v) is 6.95. The molecule has 0 aliphatic carbocycles. The molecule has 2 rings (SSSR count). The van der Waals surface area contributed by atoms with E-state index in [0.29, 0.717) is 16.6 Å². The number of hydrogen-bond donors (Lipinski definition) is 1. The van der Waals surface area contributed by atoms with Crippen LogP contribution in [0.2, 0.25) is 0 Å². The number of benzene rings is 1. The molecule has 1 aromatic carbocycles. The summed E-state index contributed by atoms with van der Waals surface area (Å²) in [4.78, 5) is 19.0. The first-order valence-electron chi connectivity index (χ1n) is 5.96. The van der Waals surface area contributed by atoms with Crippen molar-refractivity contribution in [3.8, 4) is 0 Å². The summed E-state index contributed by atoms with van der Waals surface area (Å²) >= 11 is 1.45. The Bertz CT molecular complexity index is 616. The highest BCUT2D eigenvalue weighted by Crippen LogP contribution is 2.28. The molecule has 104 valence electrons. The molecule has 20 heavy (non-hydrogen) atoms. The molecule has 0 saturated carbocycles. The SMILES string of the molecule is CNc1ccc(CSc2ncc(C)cn2)cc1[N+](=O)[O-]. The van der Waals surface area contributed by atoms with E-state index < -0.39 is 0 Å². The number of anilines is 1. The lowest BCUT2D eigenvalue weighted by atomic mass is 10.2. The second-order valence-electron chi connectivity index (χ2n) is 4.19. The molecular formula is C13H14N4O2S. The molecule has 7 heteroatoms. The molecule has 0 fully saturated rings. The van der Waals surface area contributed by atoms with Crippen LogP contribution < -0.4 is 5.32 Å². The minimum atomic E-state index is -0.387. The summed E-state index contributed by atoms with van der Waals surface area (Å²) in [5.41, 5.74) is 2.46. The van der Waals surface area contributed by atoms with E-state index in [2.05, 4.69) is 15.3 Å². The Balaban J connectivity index is 2.11. The highest BCUT2D eigenvalue weighted by atomic mass is 32.2. The van der Waals surface area contributed by atoms with Crippen molar-refractivity contribution in [2.45, 2.75) is 17.8 Å². The van der Waals surface area contributed by atoms with Gasteiger partial charge in [-0.2, -0.15) is 0 Å². The molecule has 2 aromatic rings. The van der Waals surface area contributed by atoms with E-state index in [1.54, 1.807) is 31.6 Å². The van der Waals surface area contributed by atoms with Gasteiger partial charge in [0.25, 0.3) is 5.69 Å². The second-order valence-corrected chi connectivity index (χ2v) is 5.13. The third-order valence-electron chi connectivity index (χ3n) is 2.65.